The molecule has 0 spiro atoms. The third kappa shape index (κ3) is 2.44. The van der Waals surface area contributed by atoms with Crippen LogP contribution in [-0.4, -0.2) is 25.3 Å². The molecule has 2 nitrogen and oxygen atoms in total. The first-order valence-corrected chi connectivity index (χ1v) is 6.14. The summed E-state index contributed by atoms with van der Waals surface area (Å²) in [6, 6.07) is 5.17. The van der Waals surface area contributed by atoms with Crippen LogP contribution in [0.5, 0.6) is 0 Å². The van der Waals surface area contributed by atoms with Gasteiger partial charge in [0.15, 0.2) is 0 Å². The second-order valence-corrected chi connectivity index (χ2v) is 5.30. The van der Waals surface area contributed by atoms with Crippen LogP contribution in [0.3, 0.4) is 0 Å². The Morgan fingerprint density at radius 1 is 1.41 bits per heavy atom. The first-order valence-electron chi connectivity index (χ1n) is 6.14. The van der Waals surface area contributed by atoms with E-state index in [4.69, 9.17) is 0 Å². The molecule has 0 atom stereocenters. The third-order valence-corrected chi connectivity index (χ3v) is 3.90. The van der Waals surface area contributed by atoms with Gasteiger partial charge >= 0.3 is 0 Å². The maximum atomic E-state index is 13.2. The van der Waals surface area contributed by atoms with E-state index in [9.17, 15) is 9.50 Å². The highest BCUT2D eigenvalue weighted by molar-refractivity contribution is 5.48. The van der Waals surface area contributed by atoms with Crippen LogP contribution in [0.1, 0.15) is 24.8 Å². The lowest BCUT2D eigenvalue weighted by Gasteiger charge is -2.43. The Morgan fingerprint density at radius 2 is 2.12 bits per heavy atom. The molecule has 0 heterocycles. The van der Waals surface area contributed by atoms with E-state index in [-0.39, 0.29) is 17.8 Å². The van der Waals surface area contributed by atoms with Crippen molar-refractivity contribution >= 4 is 5.69 Å². The van der Waals surface area contributed by atoms with E-state index in [1.165, 1.54) is 12.5 Å². The lowest BCUT2D eigenvalue weighted by molar-refractivity contribution is 0.0524. The number of hydrogen-bond donors (Lipinski definition) is 1. The van der Waals surface area contributed by atoms with Gasteiger partial charge < -0.3 is 10.0 Å². The molecule has 0 bridgehead atoms. The number of anilines is 1. The van der Waals surface area contributed by atoms with Gasteiger partial charge in [0.25, 0.3) is 0 Å². The molecule has 0 unspecified atom stereocenters. The molecule has 0 radical (unpaired) electrons. The Kier molecular flexibility index (Phi) is 3.38. The van der Waals surface area contributed by atoms with Crippen molar-refractivity contribution in [1.82, 2.24) is 0 Å². The van der Waals surface area contributed by atoms with Crippen LogP contribution < -0.4 is 4.90 Å². The van der Waals surface area contributed by atoms with Crippen LogP contribution in [0.25, 0.3) is 0 Å². The molecule has 3 heteroatoms. The molecular weight excluding hydrogens is 217 g/mol. The maximum Gasteiger partial charge on any atom is 0.126 e. The Balaban J connectivity index is 2.08. The van der Waals surface area contributed by atoms with Gasteiger partial charge in [-0.05, 0) is 43.5 Å². The second-order valence-electron chi connectivity index (χ2n) is 5.30. The third-order valence-electron chi connectivity index (χ3n) is 3.90. The van der Waals surface area contributed by atoms with Gasteiger partial charge in [-0.3, -0.25) is 0 Å². The van der Waals surface area contributed by atoms with Crippen molar-refractivity contribution in [3.63, 3.8) is 0 Å². The van der Waals surface area contributed by atoms with Gasteiger partial charge in [0.2, 0.25) is 0 Å². The predicted molar refractivity (Wildman–Crippen MR) is 67.8 cm³/mol. The fourth-order valence-corrected chi connectivity index (χ4v) is 2.50. The minimum absolute atomic E-state index is 0.0665. The zero-order chi connectivity index (χ0) is 12.5. The summed E-state index contributed by atoms with van der Waals surface area (Å²) in [6.07, 6.45) is 3.39. The predicted octanol–water partition coefficient (Wildman–Crippen LogP) is 2.73. The van der Waals surface area contributed by atoms with E-state index in [1.54, 1.807) is 13.0 Å². The average Bonchev–Trinajstić information content (AvgIpc) is 2.27. The van der Waals surface area contributed by atoms with Crippen molar-refractivity contribution in [2.75, 3.05) is 25.1 Å². The molecule has 1 aromatic rings. The van der Waals surface area contributed by atoms with E-state index in [1.807, 2.05) is 13.1 Å². The number of halogens is 1. The first kappa shape index (κ1) is 12.4. The summed E-state index contributed by atoms with van der Waals surface area (Å²) < 4.78 is 13.2. The van der Waals surface area contributed by atoms with Gasteiger partial charge in [-0.25, -0.2) is 4.39 Å². The van der Waals surface area contributed by atoms with Gasteiger partial charge in [-0.2, -0.15) is 0 Å². The van der Waals surface area contributed by atoms with Crippen molar-refractivity contribution < 1.29 is 9.50 Å². The van der Waals surface area contributed by atoms with Gasteiger partial charge in [-0.1, -0.05) is 6.42 Å². The number of aliphatic hydroxyl groups excluding tert-OH is 1. The van der Waals surface area contributed by atoms with Crippen molar-refractivity contribution in [3.05, 3.63) is 29.6 Å². The van der Waals surface area contributed by atoms with Gasteiger partial charge in [0.05, 0.1) is 6.61 Å². The van der Waals surface area contributed by atoms with Crippen molar-refractivity contribution in [2.45, 2.75) is 26.2 Å². The maximum absolute atomic E-state index is 13.2. The lowest BCUT2D eigenvalue weighted by Crippen LogP contribution is -2.43. The molecule has 1 saturated carbocycles. The number of hydrogen-bond acceptors (Lipinski definition) is 2. The highest BCUT2D eigenvalue weighted by Gasteiger charge is 2.37. The summed E-state index contributed by atoms with van der Waals surface area (Å²) in [4.78, 5) is 2.11. The van der Waals surface area contributed by atoms with E-state index in [0.717, 1.165) is 25.1 Å². The highest BCUT2D eigenvalue weighted by Crippen LogP contribution is 2.41. The molecule has 2 rings (SSSR count). The molecule has 0 saturated heterocycles. The van der Waals surface area contributed by atoms with E-state index >= 15 is 0 Å². The summed E-state index contributed by atoms with van der Waals surface area (Å²) >= 11 is 0. The normalized spacial score (nSPS) is 17.6. The van der Waals surface area contributed by atoms with E-state index < -0.39 is 0 Å². The topological polar surface area (TPSA) is 23.5 Å². The fourth-order valence-electron chi connectivity index (χ4n) is 2.50. The molecule has 17 heavy (non-hydrogen) atoms. The van der Waals surface area contributed by atoms with Crippen LogP contribution in [0.4, 0.5) is 10.1 Å². The Labute approximate surface area is 102 Å². The number of aliphatic hydroxyl groups is 1. The number of nitrogens with zero attached hydrogens (tertiary/aromatic N) is 1. The first-order chi connectivity index (χ1) is 8.06. The van der Waals surface area contributed by atoms with E-state index in [0.29, 0.717) is 5.56 Å². The van der Waals surface area contributed by atoms with Crippen LogP contribution >= 0.6 is 0 Å². The highest BCUT2D eigenvalue weighted by atomic mass is 19.1. The fraction of sp³-hybridized carbons (Fsp3) is 0.571. The Hall–Kier alpha value is -1.09. The van der Waals surface area contributed by atoms with Crippen LogP contribution in [0.2, 0.25) is 0 Å². The molecule has 1 aliphatic carbocycles. The summed E-state index contributed by atoms with van der Waals surface area (Å²) in [6.45, 7) is 2.87. The minimum atomic E-state index is -0.164. The zero-order valence-corrected chi connectivity index (χ0v) is 10.5. The van der Waals surface area contributed by atoms with Crippen LogP contribution in [-0.2, 0) is 0 Å². The molecule has 1 aliphatic rings. The Morgan fingerprint density at radius 3 is 2.59 bits per heavy atom. The van der Waals surface area contributed by atoms with E-state index in [2.05, 4.69) is 4.90 Å². The smallest absolute Gasteiger partial charge is 0.126 e. The monoisotopic (exact) mass is 237 g/mol. The SMILES string of the molecule is Cc1cc(N(C)CC2(CO)CCC2)ccc1F. The number of rotatable bonds is 4. The molecule has 0 aromatic heterocycles. The lowest BCUT2D eigenvalue weighted by atomic mass is 9.69. The standard InChI is InChI=1S/C14H20FNO/c1-11-8-12(4-5-13(11)15)16(2)9-14(10-17)6-3-7-14/h4-5,8,17H,3,6-7,9-10H2,1-2H3. The van der Waals surface area contributed by atoms with Gasteiger partial charge in [0, 0.05) is 24.7 Å². The summed E-state index contributed by atoms with van der Waals surface area (Å²) in [7, 11) is 2.00. The average molecular weight is 237 g/mol. The molecule has 1 aromatic carbocycles. The summed E-state index contributed by atoms with van der Waals surface area (Å²) in [5.41, 5.74) is 1.75. The van der Waals surface area contributed by atoms with Gasteiger partial charge in [-0.15, -0.1) is 0 Å². The summed E-state index contributed by atoms with van der Waals surface area (Å²) in [5, 5.41) is 9.44. The molecule has 94 valence electrons. The molecular formula is C14H20FNO. The minimum Gasteiger partial charge on any atom is -0.396 e. The quantitative estimate of drug-likeness (QED) is 0.870. The molecule has 0 aliphatic heterocycles. The molecule has 0 amide bonds. The summed E-state index contributed by atoms with van der Waals surface area (Å²) in [5.74, 6) is -0.164. The molecule has 1 N–H and O–H groups in total. The largest absolute Gasteiger partial charge is 0.396 e. The zero-order valence-electron chi connectivity index (χ0n) is 10.5. The van der Waals surface area contributed by atoms with Crippen molar-refractivity contribution in [2.24, 2.45) is 5.41 Å². The van der Waals surface area contributed by atoms with Gasteiger partial charge in [0.1, 0.15) is 5.82 Å². The van der Waals surface area contributed by atoms with Crippen molar-refractivity contribution in [1.29, 1.82) is 0 Å². The number of benzene rings is 1. The molecule has 1 fully saturated rings. The second kappa shape index (κ2) is 4.65. The number of aryl methyl sites for hydroxylation is 1. The van der Waals surface area contributed by atoms with Crippen LogP contribution in [0, 0.1) is 18.2 Å². The van der Waals surface area contributed by atoms with Crippen molar-refractivity contribution in [3.8, 4) is 0 Å². The van der Waals surface area contributed by atoms with Crippen LogP contribution in [0.15, 0.2) is 18.2 Å². The Bertz CT molecular complexity index is 396.